The Hall–Kier alpha value is -1.31. The van der Waals surface area contributed by atoms with Crippen LogP contribution in [-0.2, 0) is 9.53 Å². The zero-order chi connectivity index (χ0) is 8.81. The lowest BCUT2D eigenvalue weighted by molar-refractivity contribution is -0.104. The number of hydrogen-bond donors (Lipinski definition) is 0. The van der Waals surface area contributed by atoms with Crippen LogP contribution >= 0.6 is 0 Å². The lowest BCUT2D eigenvalue weighted by atomic mass is 10.1. The number of hydrogen-bond acceptors (Lipinski definition) is 2. The number of ether oxygens (including phenoxy) is 1. The number of carbonyl (C=O) groups is 1. The highest BCUT2D eigenvalue weighted by molar-refractivity contribution is 5.78. The molecule has 0 radical (unpaired) electrons. The predicted molar refractivity (Wildman–Crippen MR) is 47.6 cm³/mol. The van der Waals surface area contributed by atoms with Gasteiger partial charge < -0.3 is 4.74 Å². The van der Waals surface area contributed by atoms with Crippen molar-refractivity contribution in [1.29, 1.82) is 0 Å². The average molecular weight is 164 g/mol. The van der Waals surface area contributed by atoms with Crippen LogP contribution in [0, 0.1) is 0 Å². The molecule has 0 unspecified atom stereocenters. The van der Waals surface area contributed by atoms with Gasteiger partial charge in [0.2, 0.25) is 0 Å². The van der Waals surface area contributed by atoms with Crippen LogP contribution in [0.2, 0.25) is 0 Å². The molecule has 1 aliphatic rings. The molecule has 0 saturated heterocycles. The lowest BCUT2D eigenvalue weighted by Crippen LogP contribution is -1.94. The molecule has 2 heteroatoms. The zero-order valence-corrected chi connectivity index (χ0v) is 7.12. The van der Waals surface area contributed by atoms with Crippen molar-refractivity contribution < 1.29 is 9.53 Å². The van der Waals surface area contributed by atoms with Gasteiger partial charge in [0.05, 0.1) is 12.7 Å². The molecular formula is C10H12O2. The number of methoxy groups -OCH3 is 1. The minimum atomic E-state index is 0.641. The quantitative estimate of drug-likeness (QED) is 0.461. The van der Waals surface area contributed by atoms with Gasteiger partial charge in [0.1, 0.15) is 5.76 Å². The largest absolute Gasteiger partial charge is 0.500 e. The molecule has 0 spiro atoms. The molecular weight excluding hydrogens is 152 g/mol. The molecule has 64 valence electrons. The zero-order valence-electron chi connectivity index (χ0n) is 7.12. The maximum Gasteiger partial charge on any atom is 0.153 e. The van der Waals surface area contributed by atoms with Crippen molar-refractivity contribution in [2.75, 3.05) is 7.11 Å². The normalized spacial score (nSPS) is 28.4. The van der Waals surface area contributed by atoms with Gasteiger partial charge >= 0.3 is 0 Å². The average Bonchev–Trinajstić information content (AvgIpc) is 2.05. The molecule has 1 rings (SSSR count). The smallest absolute Gasteiger partial charge is 0.153 e. The third kappa shape index (κ3) is 2.09. The Labute approximate surface area is 72.2 Å². The first-order valence-corrected chi connectivity index (χ1v) is 3.92. The molecule has 1 aliphatic carbocycles. The molecule has 0 aliphatic heterocycles. The Morgan fingerprint density at radius 1 is 1.42 bits per heavy atom. The predicted octanol–water partition coefficient (Wildman–Crippen LogP) is 1.99. The van der Waals surface area contributed by atoms with E-state index < -0.39 is 0 Å². The molecule has 0 fully saturated rings. The third-order valence-electron chi connectivity index (χ3n) is 1.73. The van der Waals surface area contributed by atoms with Crippen molar-refractivity contribution >= 4 is 6.29 Å². The Morgan fingerprint density at radius 2 is 2.25 bits per heavy atom. The molecule has 0 N–H and O–H groups in total. The molecule has 0 saturated carbocycles. The highest BCUT2D eigenvalue weighted by atomic mass is 16.5. The van der Waals surface area contributed by atoms with Crippen LogP contribution in [0.4, 0.5) is 0 Å². The fraction of sp³-hybridized carbons (Fsp3) is 0.300. The molecule has 12 heavy (non-hydrogen) atoms. The number of allylic oxidation sites excluding steroid dienone is 5. The van der Waals surface area contributed by atoms with Crippen molar-refractivity contribution in [3.63, 3.8) is 0 Å². The summed E-state index contributed by atoms with van der Waals surface area (Å²) in [6.45, 7) is 0. The van der Waals surface area contributed by atoms with E-state index in [1.807, 2.05) is 12.2 Å². The Bertz CT molecular complexity index is 247. The van der Waals surface area contributed by atoms with Crippen molar-refractivity contribution in [2.24, 2.45) is 0 Å². The van der Waals surface area contributed by atoms with Crippen LogP contribution < -0.4 is 0 Å². The van der Waals surface area contributed by atoms with Crippen LogP contribution in [0.5, 0.6) is 0 Å². The summed E-state index contributed by atoms with van der Waals surface area (Å²) < 4.78 is 5.08. The summed E-state index contributed by atoms with van der Waals surface area (Å²) in [5.41, 5.74) is 0.641. The van der Waals surface area contributed by atoms with Crippen molar-refractivity contribution in [3.05, 3.63) is 35.6 Å². The summed E-state index contributed by atoms with van der Waals surface area (Å²) in [7, 11) is 1.59. The summed E-state index contributed by atoms with van der Waals surface area (Å²) in [4.78, 5) is 10.6. The van der Waals surface area contributed by atoms with E-state index in [1.54, 1.807) is 13.2 Å². The highest BCUT2D eigenvalue weighted by Gasteiger charge is 2.02. The first-order chi connectivity index (χ1) is 5.88. The maximum absolute atomic E-state index is 10.6. The monoisotopic (exact) mass is 164 g/mol. The van der Waals surface area contributed by atoms with Crippen molar-refractivity contribution in [3.8, 4) is 0 Å². The van der Waals surface area contributed by atoms with Gasteiger partial charge in [0.25, 0.3) is 0 Å². The van der Waals surface area contributed by atoms with E-state index >= 15 is 0 Å². The van der Waals surface area contributed by atoms with Crippen LogP contribution in [-0.4, -0.2) is 13.4 Å². The van der Waals surface area contributed by atoms with Gasteiger partial charge in [-0.15, -0.1) is 0 Å². The van der Waals surface area contributed by atoms with E-state index in [-0.39, 0.29) is 0 Å². The van der Waals surface area contributed by atoms with Crippen LogP contribution in [0.3, 0.4) is 0 Å². The Morgan fingerprint density at radius 3 is 2.92 bits per heavy atom. The summed E-state index contributed by atoms with van der Waals surface area (Å²) in [6, 6.07) is 0. The van der Waals surface area contributed by atoms with Gasteiger partial charge in [-0.25, -0.2) is 0 Å². The van der Waals surface area contributed by atoms with E-state index in [1.165, 1.54) is 0 Å². The molecule has 0 aromatic carbocycles. The van der Waals surface area contributed by atoms with Crippen molar-refractivity contribution in [2.45, 2.75) is 12.8 Å². The number of aldehydes is 1. The van der Waals surface area contributed by atoms with E-state index in [4.69, 9.17) is 4.74 Å². The minimum Gasteiger partial charge on any atom is -0.500 e. The Balaban J connectivity index is 2.93. The lowest BCUT2D eigenvalue weighted by Gasteiger charge is -2.06. The highest BCUT2D eigenvalue weighted by Crippen LogP contribution is 2.13. The second kappa shape index (κ2) is 4.54. The van der Waals surface area contributed by atoms with Crippen LogP contribution in [0.1, 0.15) is 12.8 Å². The van der Waals surface area contributed by atoms with E-state index in [2.05, 4.69) is 6.08 Å². The summed E-state index contributed by atoms with van der Waals surface area (Å²) in [5.74, 6) is 0.734. The van der Waals surface area contributed by atoms with Gasteiger partial charge in [-0.3, -0.25) is 4.79 Å². The van der Waals surface area contributed by atoms with Crippen molar-refractivity contribution in [1.82, 2.24) is 0 Å². The SMILES string of the molecule is CO/C1=C(C=O)/C=C\C/C=C\C1. The molecule has 0 atom stereocenters. The molecule has 0 amide bonds. The van der Waals surface area contributed by atoms with Gasteiger partial charge in [0.15, 0.2) is 6.29 Å². The number of rotatable bonds is 2. The van der Waals surface area contributed by atoms with Gasteiger partial charge in [0, 0.05) is 6.42 Å². The first-order valence-electron chi connectivity index (χ1n) is 3.92. The van der Waals surface area contributed by atoms with Crippen LogP contribution in [0.15, 0.2) is 35.6 Å². The van der Waals surface area contributed by atoms with E-state index in [0.29, 0.717) is 12.0 Å². The first kappa shape index (κ1) is 8.78. The van der Waals surface area contributed by atoms with E-state index in [9.17, 15) is 4.79 Å². The summed E-state index contributed by atoms with van der Waals surface area (Å²) in [5, 5.41) is 0. The molecule has 0 heterocycles. The van der Waals surface area contributed by atoms with Gasteiger partial charge in [-0.05, 0) is 6.42 Å². The topological polar surface area (TPSA) is 26.3 Å². The molecule has 2 nitrogen and oxygen atoms in total. The maximum atomic E-state index is 10.6. The van der Waals surface area contributed by atoms with Gasteiger partial charge in [-0.1, -0.05) is 24.3 Å². The van der Waals surface area contributed by atoms with E-state index in [0.717, 1.165) is 18.5 Å². The standard InChI is InChI=1S/C10H12O2/c1-12-10-7-5-3-2-4-6-9(10)8-11/h3-6,8H,2,7H2,1H3/b5-3-,6-4-,10-9-. The van der Waals surface area contributed by atoms with Crippen LogP contribution in [0.25, 0.3) is 0 Å². The fourth-order valence-electron chi connectivity index (χ4n) is 1.08. The summed E-state index contributed by atoms with van der Waals surface area (Å²) in [6.07, 6.45) is 10.2. The van der Waals surface area contributed by atoms with Gasteiger partial charge in [-0.2, -0.15) is 0 Å². The number of carbonyl (C=O) groups excluding carboxylic acids is 1. The molecule has 0 aromatic heterocycles. The molecule has 0 bridgehead atoms. The second-order valence-corrected chi connectivity index (χ2v) is 2.51. The third-order valence-corrected chi connectivity index (χ3v) is 1.73. The molecule has 0 aromatic rings. The summed E-state index contributed by atoms with van der Waals surface area (Å²) >= 11 is 0. The minimum absolute atomic E-state index is 0.641. The fourth-order valence-corrected chi connectivity index (χ4v) is 1.08. The Kier molecular flexibility index (Phi) is 3.33. The second-order valence-electron chi connectivity index (χ2n) is 2.51.